The van der Waals surface area contributed by atoms with E-state index in [1.165, 1.54) is 11.3 Å². The Hall–Kier alpha value is -3.12. The summed E-state index contributed by atoms with van der Waals surface area (Å²) in [5.41, 5.74) is 1.75. The number of fused-ring (bicyclic) bond motifs is 1. The van der Waals surface area contributed by atoms with Crippen LogP contribution in [0.15, 0.2) is 60.9 Å². The summed E-state index contributed by atoms with van der Waals surface area (Å²) in [7, 11) is 1.93. The maximum absolute atomic E-state index is 12.7. The van der Waals surface area contributed by atoms with E-state index in [9.17, 15) is 4.79 Å². The fraction of sp³-hybridized carbons (Fsp3) is 0.143. The van der Waals surface area contributed by atoms with Crippen molar-refractivity contribution in [1.29, 1.82) is 0 Å². The van der Waals surface area contributed by atoms with Crippen LogP contribution in [0.2, 0.25) is 0 Å². The lowest BCUT2D eigenvalue weighted by molar-refractivity contribution is 0.103. The minimum absolute atomic E-state index is 0.0876. The highest BCUT2D eigenvalue weighted by Gasteiger charge is 2.15. The molecule has 0 aliphatic heterocycles. The summed E-state index contributed by atoms with van der Waals surface area (Å²) in [4.78, 5) is 17.6. The number of carbonyl (C=O) groups excluding carboxylic acids is 1. The molecule has 136 valence electrons. The lowest BCUT2D eigenvalue weighted by Crippen LogP contribution is -2.11. The van der Waals surface area contributed by atoms with Crippen molar-refractivity contribution in [3.8, 4) is 5.75 Å². The van der Waals surface area contributed by atoms with Gasteiger partial charge in [-0.05, 0) is 48.2 Å². The van der Waals surface area contributed by atoms with Gasteiger partial charge >= 0.3 is 0 Å². The Labute approximate surface area is 161 Å². The third-order valence-corrected chi connectivity index (χ3v) is 5.72. The number of rotatable bonds is 5. The fourth-order valence-corrected chi connectivity index (χ4v) is 4.00. The first-order valence-electron chi connectivity index (χ1n) is 8.60. The predicted molar refractivity (Wildman–Crippen MR) is 108 cm³/mol. The van der Waals surface area contributed by atoms with Gasteiger partial charge in [0.15, 0.2) is 0 Å². The molecule has 4 aromatic rings. The van der Waals surface area contributed by atoms with E-state index < -0.39 is 0 Å². The number of thiophene rings is 1. The van der Waals surface area contributed by atoms with E-state index in [1.54, 1.807) is 6.20 Å². The first-order chi connectivity index (χ1) is 13.1. The lowest BCUT2D eigenvalue weighted by Gasteiger charge is -2.08. The van der Waals surface area contributed by atoms with Crippen LogP contribution < -0.4 is 10.1 Å². The Morgan fingerprint density at radius 1 is 1.19 bits per heavy atom. The van der Waals surface area contributed by atoms with Crippen molar-refractivity contribution in [3.63, 3.8) is 0 Å². The number of anilines is 1. The zero-order valence-corrected chi connectivity index (χ0v) is 15.9. The minimum Gasteiger partial charge on any atom is -0.486 e. The van der Waals surface area contributed by atoms with Gasteiger partial charge in [0.1, 0.15) is 18.2 Å². The van der Waals surface area contributed by atoms with Crippen molar-refractivity contribution < 1.29 is 9.53 Å². The SMILES string of the molecule is Cc1c(C(=O)Nc2ccc(OCc3nccn3C)cc2)sc2ccccc12. The van der Waals surface area contributed by atoms with Crippen molar-refractivity contribution in [3.05, 3.63) is 77.2 Å². The maximum Gasteiger partial charge on any atom is 0.266 e. The summed E-state index contributed by atoms with van der Waals surface area (Å²) in [6.45, 7) is 2.39. The van der Waals surface area contributed by atoms with Gasteiger partial charge in [0.2, 0.25) is 0 Å². The first-order valence-corrected chi connectivity index (χ1v) is 9.42. The third kappa shape index (κ3) is 3.57. The molecule has 1 N–H and O–H groups in total. The summed E-state index contributed by atoms with van der Waals surface area (Å²) < 4.78 is 8.78. The molecule has 2 aromatic carbocycles. The van der Waals surface area contributed by atoms with Crippen LogP contribution in [0.4, 0.5) is 5.69 Å². The molecule has 0 unspecified atom stereocenters. The number of nitrogens with zero attached hydrogens (tertiary/aromatic N) is 2. The number of hydrogen-bond donors (Lipinski definition) is 1. The Morgan fingerprint density at radius 2 is 1.96 bits per heavy atom. The molecule has 0 bridgehead atoms. The molecule has 0 fully saturated rings. The second-order valence-corrected chi connectivity index (χ2v) is 7.33. The quantitative estimate of drug-likeness (QED) is 0.545. The second-order valence-electron chi connectivity index (χ2n) is 6.27. The number of amides is 1. The number of aromatic nitrogens is 2. The summed E-state index contributed by atoms with van der Waals surface area (Å²) in [6, 6.07) is 15.4. The number of nitrogens with one attached hydrogen (secondary N) is 1. The van der Waals surface area contributed by atoms with E-state index in [2.05, 4.69) is 10.3 Å². The van der Waals surface area contributed by atoms with Gasteiger partial charge < -0.3 is 14.6 Å². The number of imidazole rings is 1. The number of ether oxygens (including phenoxy) is 1. The largest absolute Gasteiger partial charge is 0.486 e. The fourth-order valence-electron chi connectivity index (χ4n) is 2.90. The molecule has 0 atom stereocenters. The second kappa shape index (κ2) is 7.25. The topological polar surface area (TPSA) is 56.1 Å². The Balaban J connectivity index is 1.43. The number of carbonyl (C=O) groups is 1. The molecule has 5 nitrogen and oxygen atoms in total. The van der Waals surface area contributed by atoms with Crippen LogP contribution in [-0.2, 0) is 13.7 Å². The van der Waals surface area contributed by atoms with Gasteiger partial charge in [0.25, 0.3) is 5.91 Å². The smallest absolute Gasteiger partial charge is 0.266 e. The number of aryl methyl sites for hydroxylation is 2. The molecule has 2 aromatic heterocycles. The van der Waals surface area contributed by atoms with Crippen molar-refractivity contribution in [2.45, 2.75) is 13.5 Å². The highest BCUT2D eigenvalue weighted by Crippen LogP contribution is 2.31. The normalized spacial score (nSPS) is 10.9. The van der Waals surface area contributed by atoms with Gasteiger partial charge in [-0.25, -0.2) is 4.98 Å². The Morgan fingerprint density at radius 3 is 2.67 bits per heavy atom. The summed E-state index contributed by atoms with van der Waals surface area (Å²) in [5, 5.41) is 4.10. The van der Waals surface area contributed by atoms with Gasteiger partial charge in [-0.1, -0.05) is 18.2 Å². The van der Waals surface area contributed by atoms with Crippen LogP contribution in [0.25, 0.3) is 10.1 Å². The van der Waals surface area contributed by atoms with Crippen molar-refractivity contribution >= 4 is 33.0 Å². The highest BCUT2D eigenvalue weighted by atomic mass is 32.1. The standard InChI is InChI=1S/C21H19N3O2S/c1-14-17-5-3-4-6-18(17)27-20(14)21(25)23-15-7-9-16(10-8-15)26-13-19-22-11-12-24(19)2/h3-12H,13H2,1-2H3,(H,23,25). The summed E-state index contributed by atoms with van der Waals surface area (Å²) >= 11 is 1.52. The molecular formula is C21H19N3O2S. The zero-order valence-electron chi connectivity index (χ0n) is 15.1. The predicted octanol–water partition coefficient (Wildman–Crippen LogP) is 4.77. The van der Waals surface area contributed by atoms with Crippen LogP contribution in [0.5, 0.6) is 5.75 Å². The molecule has 1 amide bonds. The van der Waals surface area contributed by atoms with E-state index in [-0.39, 0.29) is 5.91 Å². The molecule has 0 spiro atoms. The molecule has 0 saturated heterocycles. The van der Waals surface area contributed by atoms with E-state index in [4.69, 9.17) is 4.74 Å². The Kier molecular flexibility index (Phi) is 4.64. The number of benzene rings is 2. The maximum atomic E-state index is 12.7. The average molecular weight is 377 g/mol. The van der Waals surface area contributed by atoms with Gasteiger partial charge in [0, 0.05) is 29.8 Å². The lowest BCUT2D eigenvalue weighted by atomic mass is 10.1. The molecule has 0 radical (unpaired) electrons. The van der Waals surface area contributed by atoms with Gasteiger partial charge in [-0.2, -0.15) is 0 Å². The van der Waals surface area contributed by atoms with Crippen molar-refractivity contribution in [1.82, 2.24) is 9.55 Å². The number of hydrogen-bond acceptors (Lipinski definition) is 4. The van der Waals surface area contributed by atoms with Gasteiger partial charge in [0.05, 0.1) is 4.88 Å². The van der Waals surface area contributed by atoms with E-state index in [1.807, 2.05) is 73.3 Å². The van der Waals surface area contributed by atoms with E-state index in [0.29, 0.717) is 6.61 Å². The minimum atomic E-state index is -0.0876. The van der Waals surface area contributed by atoms with E-state index in [0.717, 1.165) is 37.8 Å². The first kappa shape index (κ1) is 17.3. The van der Waals surface area contributed by atoms with Crippen LogP contribution in [-0.4, -0.2) is 15.5 Å². The molecule has 2 heterocycles. The van der Waals surface area contributed by atoms with Crippen LogP contribution in [0.1, 0.15) is 21.1 Å². The van der Waals surface area contributed by atoms with Gasteiger partial charge in [-0.15, -0.1) is 11.3 Å². The van der Waals surface area contributed by atoms with Crippen LogP contribution in [0.3, 0.4) is 0 Å². The van der Waals surface area contributed by atoms with E-state index >= 15 is 0 Å². The average Bonchev–Trinajstić information content (AvgIpc) is 3.24. The van der Waals surface area contributed by atoms with Gasteiger partial charge in [-0.3, -0.25) is 4.79 Å². The molecule has 6 heteroatoms. The molecule has 0 saturated carbocycles. The molecule has 0 aliphatic carbocycles. The highest BCUT2D eigenvalue weighted by molar-refractivity contribution is 7.21. The molecule has 27 heavy (non-hydrogen) atoms. The summed E-state index contributed by atoms with van der Waals surface area (Å²) in [5.74, 6) is 1.50. The molecule has 4 rings (SSSR count). The zero-order chi connectivity index (χ0) is 18.8. The monoisotopic (exact) mass is 377 g/mol. The van der Waals surface area contributed by atoms with Crippen molar-refractivity contribution in [2.24, 2.45) is 7.05 Å². The Bertz CT molecular complexity index is 1100. The molecular weight excluding hydrogens is 358 g/mol. The van der Waals surface area contributed by atoms with Crippen LogP contribution in [0, 0.1) is 6.92 Å². The van der Waals surface area contributed by atoms with Crippen molar-refractivity contribution in [2.75, 3.05) is 5.32 Å². The third-order valence-electron chi connectivity index (χ3n) is 4.45. The molecule has 0 aliphatic rings. The van der Waals surface area contributed by atoms with Crippen LogP contribution >= 0.6 is 11.3 Å². The summed E-state index contributed by atoms with van der Waals surface area (Å²) in [6.07, 6.45) is 3.63.